The second-order valence-electron chi connectivity index (χ2n) is 9.74. The van der Waals surface area contributed by atoms with Gasteiger partial charge in [0, 0.05) is 0 Å². The van der Waals surface area contributed by atoms with Gasteiger partial charge in [-0.05, 0) is 27.7 Å². The van der Waals surface area contributed by atoms with Crippen LogP contribution in [0.15, 0.2) is 21.7 Å². The molecule has 0 saturated carbocycles. The van der Waals surface area contributed by atoms with Gasteiger partial charge in [0.2, 0.25) is 0 Å². The third-order valence-electron chi connectivity index (χ3n) is 4.92. The molecule has 38 heavy (non-hydrogen) atoms. The SMILES string of the molecule is CC(C)(O)C(F)(F)F.CC(C)(O)C(F)(F)F.CO[Si]([CH]=[W]=[N]c1c(C(C)C)cccc1C(C)C)(OC)OC. The van der Waals surface area contributed by atoms with E-state index in [0.29, 0.717) is 39.5 Å². The molecule has 0 unspecified atom stereocenters. The van der Waals surface area contributed by atoms with Crippen LogP contribution >= 0.6 is 0 Å². The van der Waals surface area contributed by atoms with Crippen molar-refractivity contribution in [2.45, 2.75) is 90.8 Å². The van der Waals surface area contributed by atoms with Crippen LogP contribution in [-0.2, 0) is 31.2 Å². The van der Waals surface area contributed by atoms with Crippen LogP contribution in [0, 0.1) is 0 Å². The first kappa shape index (κ1) is 39.3. The van der Waals surface area contributed by atoms with Gasteiger partial charge in [0.1, 0.15) is 0 Å². The molecular weight excluding hydrogens is 708 g/mol. The second kappa shape index (κ2) is 15.8. The summed E-state index contributed by atoms with van der Waals surface area (Å²) < 4.78 is 91.3. The Morgan fingerprint density at radius 1 is 0.763 bits per heavy atom. The van der Waals surface area contributed by atoms with Gasteiger partial charge in [-0.1, -0.05) is 0 Å². The molecule has 224 valence electrons. The van der Waals surface area contributed by atoms with Crippen molar-refractivity contribution in [1.82, 2.24) is 0 Å². The van der Waals surface area contributed by atoms with Gasteiger partial charge in [0.05, 0.1) is 0 Å². The predicted octanol–water partition coefficient (Wildman–Crippen LogP) is 6.69. The monoisotopic (exact) mass is 749 g/mol. The predicted molar refractivity (Wildman–Crippen MR) is 134 cm³/mol. The zero-order valence-corrected chi connectivity index (χ0v) is 27.6. The van der Waals surface area contributed by atoms with E-state index < -0.39 is 50.3 Å². The van der Waals surface area contributed by atoms with E-state index in [1.165, 1.54) is 16.8 Å². The molecule has 0 spiro atoms. The summed E-state index contributed by atoms with van der Waals surface area (Å²) in [7, 11) is 2.30. The molecule has 0 bridgehead atoms. The number of aliphatic hydroxyl groups is 2. The molecule has 0 saturated heterocycles. The summed E-state index contributed by atoms with van der Waals surface area (Å²) in [5, 5.41) is 16.5. The fraction of sp³-hybridized carbons (Fsp3) is 0.708. The van der Waals surface area contributed by atoms with Gasteiger partial charge < -0.3 is 10.2 Å². The molecule has 0 radical (unpaired) electrons. The topological polar surface area (TPSA) is 80.5 Å². The fourth-order valence-electron chi connectivity index (χ4n) is 2.16. The number of alkyl halides is 6. The molecule has 0 aliphatic carbocycles. The zero-order valence-electron chi connectivity index (χ0n) is 23.7. The van der Waals surface area contributed by atoms with Gasteiger partial charge in [-0.3, -0.25) is 0 Å². The van der Waals surface area contributed by atoms with Gasteiger partial charge in [-0.15, -0.1) is 0 Å². The molecule has 14 heteroatoms. The van der Waals surface area contributed by atoms with Crippen molar-refractivity contribution in [3.63, 3.8) is 0 Å². The van der Waals surface area contributed by atoms with Crippen LogP contribution in [0.25, 0.3) is 0 Å². The first-order valence-corrected chi connectivity index (χ1v) is 16.3. The number of rotatable bonds is 7. The molecule has 0 aliphatic heterocycles. The molecule has 0 heterocycles. The Bertz CT molecular complexity index is 817. The van der Waals surface area contributed by atoms with Crippen LogP contribution in [0.5, 0.6) is 0 Å². The molecule has 0 amide bonds. The molecule has 1 aromatic carbocycles. The first-order chi connectivity index (χ1) is 16.9. The Balaban J connectivity index is 0. The summed E-state index contributed by atoms with van der Waals surface area (Å²) in [6, 6.07) is 6.50. The van der Waals surface area contributed by atoms with Crippen LogP contribution in [0.3, 0.4) is 0 Å². The van der Waals surface area contributed by atoms with E-state index in [-0.39, 0.29) is 0 Å². The second-order valence-corrected chi connectivity index (χ2v) is 16.4. The number of hydrogen-bond donors (Lipinski definition) is 2. The van der Waals surface area contributed by atoms with E-state index in [4.69, 9.17) is 27.0 Å². The van der Waals surface area contributed by atoms with Crippen LogP contribution in [0.1, 0.15) is 78.4 Å². The van der Waals surface area contributed by atoms with Crippen molar-refractivity contribution in [2.24, 2.45) is 3.50 Å². The maximum absolute atomic E-state index is 11.3. The van der Waals surface area contributed by atoms with E-state index in [1.807, 2.05) is 0 Å². The van der Waals surface area contributed by atoms with Crippen molar-refractivity contribution in [3.05, 3.63) is 29.3 Å². The molecule has 0 aliphatic rings. The van der Waals surface area contributed by atoms with Crippen LogP contribution in [0.2, 0.25) is 0 Å². The van der Waals surface area contributed by atoms with Crippen LogP contribution in [0.4, 0.5) is 32.0 Å². The van der Waals surface area contributed by atoms with E-state index in [2.05, 4.69) is 49.9 Å². The summed E-state index contributed by atoms with van der Waals surface area (Å²) in [5.41, 5.74) is -1.32. The molecular formula is C24H41F6NO5SiW. The zero-order chi connectivity index (χ0) is 30.8. The Morgan fingerprint density at radius 2 is 1.05 bits per heavy atom. The summed E-state index contributed by atoms with van der Waals surface area (Å²) in [4.78, 5) is 0. The van der Waals surface area contributed by atoms with Crippen LogP contribution in [-0.4, -0.2) is 67.9 Å². The Labute approximate surface area is 231 Å². The van der Waals surface area contributed by atoms with Gasteiger partial charge >= 0.3 is 156 Å². The van der Waals surface area contributed by atoms with Gasteiger partial charge in [-0.25, -0.2) is 0 Å². The number of hydrogen-bond acceptors (Lipinski definition) is 6. The Kier molecular flexibility index (Phi) is 16.4. The van der Waals surface area contributed by atoms with Crippen molar-refractivity contribution in [3.8, 4) is 0 Å². The van der Waals surface area contributed by atoms with Gasteiger partial charge in [-0.2, -0.15) is 26.3 Å². The van der Waals surface area contributed by atoms with Gasteiger partial charge in [0.15, 0.2) is 11.2 Å². The van der Waals surface area contributed by atoms with Gasteiger partial charge in [0.25, 0.3) is 0 Å². The first-order valence-electron chi connectivity index (χ1n) is 11.5. The standard InChI is InChI=1S/C12H17N.2C4H7F3O.C4H10O3Si.W/c1-8(2)10-6-5-7-11(9(3)4)12(10)13;2*1-3(2,8)4(5,6)7;1-5-8(4,6-2)7-3;/h5-9H,1-4H3;2*8H,1-2H3;4H,1-3H3;. The molecule has 6 nitrogen and oxygen atoms in total. The normalized spacial score (nSPS) is 12.9. The maximum atomic E-state index is 11.3. The summed E-state index contributed by atoms with van der Waals surface area (Å²) in [6.07, 6.45) is -9.01. The molecule has 0 fully saturated rings. The molecule has 2 N–H and O–H groups in total. The average molecular weight is 750 g/mol. The van der Waals surface area contributed by atoms with E-state index in [1.54, 1.807) is 21.3 Å². The Morgan fingerprint density at radius 3 is 1.26 bits per heavy atom. The Hall–Kier alpha value is -0.825. The molecule has 1 aromatic rings. The third kappa shape index (κ3) is 13.5. The summed E-state index contributed by atoms with van der Waals surface area (Å²) in [6.45, 7) is 11.7. The minimum absolute atomic E-state index is 0.463. The van der Waals surface area contributed by atoms with Crippen molar-refractivity contribution >= 4 is 18.5 Å². The fourth-order valence-corrected chi connectivity index (χ4v) is 9.33. The van der Waals surface area contributed by atoms with Crippen molar-refractivity contribution in [1.29, 1.82) is 0 Å². The van der Waals surface area contributed by atoms with E-state index >= 15 is 0 Å². The number of benzene rings is 1. The van der Waals surface area contributed by atoms with Crippen molar-refractivity contribution in [2.75, 3.05) is 21.3 Å². The van der Waals surface area contributed by atoms with Crippen molar-refractivity contribution < 1.29 is 67.8 Å². The summed E-state index contributed by atoms with van der Waals surface area (Å²) in [5.74, 6) is 0.927. The summed E-state index contributed by atoms with van der Waals surface area (Å²) >= 11 is -1.12. The molecule has 0 atom stereocenters. The average Bonchev–Trinajstić information content (AvgIpc) is 2.75. The molecule has 1 rings (SSSR count). The van der Waals surface area contributed by atoms with Crippen LogP contribution < -0.4 is 0 Å². The number of nitrogens with zero attached hydrogens (tertiary/aromatic N) is 1. The number of halogens is 6. The van der Waals surface area contributed by atoms with E-state index in [9.17, 15) is 26.3 Å². The van der Waals surface area contributed by atoms with E-state index in [0.717, 1.165) is 0 Å². The third-order valence-corrected chi connectivity index (χ3v) is 12.3. The quantitative estimate of drug-likeness (QED) is 0.240. The molecule has 0 aromatic heterocycles. The minimum atomic E-state index is -4.51.